The minimum atomic E-state index is -1.06. The predicted octanol–water partition coefficient (Wildman–Crippen LogP) is 3.02. The minimum absolute atomic E-state index is 0.252. The van der Waals surface area contributed by atoms with Gasteiger partial charge in [0.15, 0.2) is 0 Å². The van der Waals surface area contributed by atoms with E-state index in [-0.39, 0.29) is 18.7 Å². The Morgan fingerprint density at radius 3 is 2.74 bits per heavy atom. The summed E-state index contributed by atoms with van der Waals surface area (Å²) < 4.78 is 13.6. The summed E-state index contributed by atoms with van der Waals surface area (Å²) in [5, 5.41) is 15.3. The molecule has 2 bridgehead atoms. The second-order valence-corrected chi connectivity index (χ2v) is 10.3. The topological polar surface area (TPSA) is 145 Å². The van der Waals surface area contributed by atoms with Crippen LogP contribution in [0.3, 0.4) is 0 Å². The van der Waals surface area contributed by atoms with Crippen molar-refractivity contribution in [1.29, 1.82) is 0 Å². The molecular weight excluding hydrogens is 536 g/mol. The first-order chi connectivity index (χ1) is 20.5. The van der Waals surface area contributed by atoms with E-state index in [4.69, 9.17) is 15.2 Å². The van der Waals surface area contributed by atoms with Crippen LogP contribution in [-0.2, 0) is 38.5 Å². The number of hydrogen-bond acceptors (Lipinski definition) is 6. The van der Waals surface area contributed by atoms with Gasteiger partial charge in [-0.3, -0.25) is 14.4 Å². The highest BCUT2D eigenvalue weighted by atomic mass is 16.5. The quantitative estimate of drug-likeness (QED) is 0.267. The maximum Gasteiger partial charge on any atom is 0.304 e. The normalized spacial score (nSPS) is 16.1. The van der Waals surface area contributed by atoms with E-state index in [1.165, 1.54) is 0 Å². The summed E-state index contributed by atoms with van der Waals surface area (Å²) in [6.45, 7) is 2.98. The molecule has 1 aliphatic heterocycles. The molecular formula is C32H44N4O6. The average molecular weight is 581 g/mol. The largest absolute Gasteiger partial charge is 0.493 e. The summed E-state index contributed by atoms with van der Waals surface area (Å²) in [5.41, 5.74) is 7.41. The summed E-state index contributed by atoms with van der Waals surface area (Å²) in [4.78, 5) is 38.3. The van der Waals surface area contributed by atoms with E-state index >= 15 is 0 Å². The number of carbonyl (C=O) groups excluding carboxylic acids is 2. The number of benzene rings is 1. The van der Waals surface area contributed by atoms with Crippen molar-refractivity contribution in [3.05, 3.63) is 78.1 Å². The fourth-order valence-corrected chi connectivity index (χ4v) is 4.76. The Morgan fingerprint density at radius 1 is 1.10 bits per heavy atom. The number of amides is 2. The number of rotatable bonds is 13. The number of carbonyl (C=O) groups is 3. The molecule has 0 saturated heterocycles. The molecule has 2 aromatic rings. The van der Waals surface area contributed by atoms with Crippen molar-refractivity contribution in [3.8, 4) is 5.75 Å². The molecule has 1 aliphatic rings. The van der Waals surface area contributed by atoms with Gasteiger partial charge < -0.3 is 35.5 Å². The number of carboxylic acids is 1. The minimum Gasteiger partial charge on any atom is -0.493 e. The monoisotopic (exact) mass is 580 g/mol. The highest BCUT2D eigenvalue weighted by molar-refractivity contribution is 5.90. The third-order valence-corrected chi connectivity index (χ3v) is 6.98. The highest BCUT2D eigenvalue weighted by Gasteiger charge is 2.27. The van der Waals surface area contributed by atoms with E-state index in [1.54, 1.807) is 0 Å². The lowest BCUT2D eigenvalue weighted by atomic mass is 9.94. The Labute approximate surface area is 247 Å². The Balaban J connectivity index is 1.71. The molecule has 42 heavy (non-hydrogen) atoms. The van der Waals surface area contributed by atoms with Crippen LogP contribution < -0.4 is 21.1 Å². The number of nitrogens with zero attached hydrogens (tertiary/aromatic N) is 1. The number of ether oxygens (including phenoxy) is 2. The Morgan fingerprint density at radius 2 is 1.90 bits per heavy atom. The first-order valence-electron chi connectivity index (χ1n) is 14.7. The molecule has 0 aliphatic carbocycles. The number of carboxylic acid groups (broad SMARTS) is 1. The van der Waals surface area contributed by atoms with Crippen LogP contribution in [0.15, 0.2) is 67.0 Å². The van der Waals surface area contributed by atoms with Crippen LogP contribution in [0.25, 0.3) is 0 Å². The molecule has 0 spiro atoms. The summed E-state index contributed by atoms with van der Waals surface area (Å²) in [5.74, 6) is -1.84. The molecule has 0 saturated carbocycles. The molecule has 1 aromatic heterocycles. The van der Waals surface area contributed by atoms with E-state index in [9.17, 15) is 19.5 Å². The highest BCUT2D eigenvalue weighted by Crippen LogP contribution is 2.23. The molecule has 5 N–H and O–H groups in total. The Hall–Kier alpha value is -3.89. The third-order valence-electron chi connectivity index (χ3n) is 6.98. The molecule has 0 radical (unpaired) electrons. The van der Waals surface area contributed by atoms with Crippen molar-refractivity contribution in [3.63, 3.8) is 0 Å². The number of hydrogen-bond donors (Lipinski definition) is 4. The van der Waals surface area contributed by atoms with Crippen LogP contribution in [0.1, 0.15) is 43.2 Å². The number of aryl methyl sites for hydroxylation is 1. The molecule has 1 aromatic carbocycles. The van der Waals surface area contributed by atoms with Crippen molar-refractivity contribution in [2.75, 3.05) is 32.9 Å². The second kappa shape index (κ2) is 18.5. The molecule has 10 nitrogen and oxygen atoms in total. The van der Waals surface area contributed by atoms with E-state index in [2.05, 4.69) is 10.6 Å². The first-order valence-corrected chi connectivity index (χ1v) is 14.7. The lowest BCUT2D eigenvalue weighted by Crippen LogP contribution is -2.50. The van der Waals surface area contributed by atoms with Crippen molar-refractivity contribution in [2.24, 2.45) is 11.7 Å². The van der Waals surface area contributed by atoms with Gasteiger partial charge in [0.05, 0.1) is 26.2 Å². The molecule has 2 amide bonds. The number of aliphatic carboxylic acids is 1. The molecule has 3 rings (SSSR count). The second-order valence-electron chi connectivity index (χ2n) is 10.3. The van der Waals surface area contributed by atoms with Gasteiger partial charge in [-0.2, -0.15) is 0 Å². The van der Waals surface area contributed by atoms with Crippen molar-refractivity contribution in [2.45, 2.75) is 57.5 Å². The maximum absolute atomic E-state index is 13.4. The fraction of sp³-hybridized carbons (Fsp3) is 0.469. The number of aromatic nitrogens is 1. The van der Waals surface area contributed by atoms with Gasteiger partial charge in [0, 0.05) is 37.8 Å². The maximum atomic E-state index is 13.4. The van der Waals surface area contributed by atoms with Crippen LogP contribution >= 0.6 is 0 Å². The van der Waals surface area contributed by atoms with Crippen molar-refractivity contribution < 1.29 is 29.0 Å². The standard InChI is InChI=1S/C32H44N4O6/c33-15-6-8-19-42-29-14-5-4-11-26(29)12-9-13-27(23-30(37)38)31(39)35-28-22-25-10-3-1-2-7-17-36(24-25)18-21-41-20-16-34-32(28)40/h1-5,7,10-11,14,17,24,27-28H,6,8-9,12-13,15-16,18-23,33H2,(H,34,40)(H,35,39)(H,37,38)/t27-,28?/m1/s1. The number of nitrogens with one attached hydrogen (secondary N) is 2. The summed E-state index contributed by atoms with van der Waals surface area (Å²) in [7, 11) is 0. The lowest BCUT2D eigenvalue weighted by Gasteiger charge is -2.23. The third kappa shape index (κ3) is 11.9. The predicted molar refractivity (Wildman–Crippen MR) is 160 cm³/mol. The molecule has 2 atom stereocenters. The summed E-state index contributed by atoms with van der Waals surface area (Å²) in [6.07, 6.45) is 7.12. The lowest BCUT2D eigenvalue weighted by molar-refractivity contribution is -0.141. The van der Waals surface area contributed by atoms with Crippen molar-refractivity contribution in [1.82, 2.24) is 15.2 Å². The zero-order valence-corrected chi connectivity index (χ0v) is 24.2. The molecule has 10 heteroatoms. The van der Waals surface area contributed by atoms with E-state index in [1.807, 2.05) is 71.6 Å². The SMILES string of the molecule is NCCCCOc1ccccc1CCC[C@H](CC(=O)O)C(=O)NC1Cc2ccccccn(c2)CCOCCNC1=O. The van der Waals surface area contributed by atoms with Gasteiger partial charge in [0.2, 0.25) is 11.8 Å². The summed E-state index contributed by atoms with van der Waals surface area (Å²) in [6, 6.07) is 16.4. The number of unbranched alkanes of at least 4 members (excludes halogenated alkanes) is 1. The van der Waals surface area contributed by atoms with Crippen LogP contribution in [0.4, 0.5) is 0 Å². The molecule has 228 valence electrons. The molecule has 0 fully saturated rings. The number of nitrogens with two attached hydrogens (primary N) is 1. The smallest absolute Gasteiger partial charge is 0.304 e. The van der Waals surface area contributed by atoms with E-state index in [0.29, 0.717) is 58.7 Å². The zero-order chi connectivity index (χ0) is 30.0. The van der Waals surface area contributed by atoms with E-state index < -0.39 is 23.8 Å². The van der Waals surface area contributed by atoms with Gasteiger partial charge >= 0.3 is 5.97 Å². The average Bonchev–Trinajstić information content (AvgIpc) is 3.08. The van der Waals surface area contributed by atoms with E-state index in [0.717, 1.165) is 29.7 Å². The van der Waals surface area contributed by atoms with Crippen LogP contribution in [0, 0.1) is 5.92 Å². The first kappa shape index (κ1) is 32.6. The van der Waals surface area contributed by atoms with Crippen LogP contribution in [-0.4, -0.2) is 66.4 Å². The summed E-state index contributed by atoms with van der Waals surface area (Å²) >= 11 is 0. The van der Waals surface area contributed by atoms with Crippen LogP contribution in [0.2, 0.25) is 0 Å². The van der Waals surface area contributed by atoms with Gasteiger partial charge in [-0.05, 0) is 61.9 Å². The van der Waals surface area contributed by atoms with Crippen LogP contribution in [0.5, 0.6) is 5.75 Å². The molecule has 1 unspecified atom stereocenters. The number of fused-ring (bicyclic) bond motifs is 2. The van der Waals surface area contributed by atoms with Gasteiger partial charge in [-0.25, -0.2) is 0 Å². The Kier molecular flexibility index (Phi) is 14.4. The zero-order valence-electron chi connectivity index (χ0n) is 24.2. The van der Waals surface area contributed by atoms with Gasteiger partial charge in [-0.15, -0.1) is 0 Å². The van der Waals surface area contributed by atoms with Gasteiger partial charge in [-0.1, -0.05) is 42.5 Å². The fourth-order valence-electron chi connectivity index (χ4n) is 4.76. The van der Waals surface area contributed by atoms with Gasteiger partial charge in [0.1, 0.15) is 11.8 Å². The van der Waals surface area contributed by atoms with Gasteiger partial charge in [0.25, 0.3) is 0 Å². The number of para-hydroxylation sites is 1. The Bertz CT molecular complexity index is 1200. The molecule has 2 heterocycles. The van der Waals surface area contributed by atoms with Crippen molar-refractivity contribution >= 4 is 17.8 Å².